The Bertz CT molecular complexity index is 368. The molecule has 1 aliphatic carbocycles. The summed E-state index contributed by atoms with van der Waals surface area (Å²) in [5, 5.41) is 10.4. The highest BCUT2D eigenvalue weighted by Crippen LogP contribution is 2.23. The number of amides is 1. The van der Waals surface area contributed by atoms with Crippen molar-refractivity contribution in [3.63, 3.8) is 0 Å². The third-order valence-corrected chi connectivity index (χ3v) is 3.30. The summed E-state index contributed by atoms with van der Waals surface area (Å²) in [6.07, 6.45) is 7.36. The van der Waals surface area contributed by atoms with E-state index in [0.29, 0.717) is 18.0 Å². The summed E-state index contributed by atoms with van der Waals surface area (Å²) in [6.45, 7) is 0.711. The van der Waals surface area contributed by atoms with E-state index in [1.165, 1.54) is 18.8 Å². The molecule has 0 spiro atoms. The van der Waals surface area contributed by atoms with Crippen LogP contribution in [0.2, 0.25) is 0 Å². The zero-order valence-electron chi connectivity index (χ0n) is 9.80. The summed E-state index contributed by atoms with van der Waals surface area (Å²) in [5.41, 5.74) is 6.24. The molecule has 5 heteroatoms. The summed E-state index contributed by atoms with van der Waals surface area (Å²) >= 11 is 0. The van der Waals surface area contributed by atoms with Crippen LogP contribution in [0.3, 0.4) is 0 Å². The quantitative estimate of drug-likeness (QED) is 0.807. The Morgan fingerprint density at radius 2 is 2.35 bits per heavy atom. The van der Waals surface area contributed by atoms with Gasteiger partial charge in [-0.05, 0) is 37.8 Å². The summed E-state index contributed by atoms with van der Waals surface area (Å²) in [4.78, 5) is 11.9. The fourth-order valence-corrected chi connectivity index (χ4v) is 2.33. The predicted molar refractivity (Wildman–Crippen MR) is 64.3 cm³/mol. The lowest BCUT2D eigenvalue weighted by molar-refractivity contribution is 0.0919. The molecule has 2 atom stereocenters. The van der Waals surface area contributed by atoms with Crippen LogP contribution < -0.4 is 11.1 Å². The van der Waals surface area contributed by atoms with Crippen molar-refractivity contribution in [2.75, 3.05) is 6.54 Å². The largest absolute Gasteiger partial charge is 0.349 e. The Kier molecular flexibility index (Phi) is 4.03. The minimum Gasteiger partial charge on any atom is -0.349 e. The molecule has 1 fully saturated rings. The van der Waals surface area contributed by atoms with Crippen LogP contribution in [-0.2, 0) is 0 Å². The topological polar surface area (TPSA) is 80.9 Å². The van der Waals surface area contributed by atoms with Gasteiger partial charge in [-0.1, -0.05) is 6.42 Å². The third kappa shape index (κ3) is 3.23. The van der Waals surface area contributed by atoms with E-state index in [-0.39, 0.29) is 11.9 Å². The van der Waals surface area contributed by atoms with Gasteiger partial charge in [-0.2, -0.15) is 10.2 Å². The first-order chi connectivity index (χ1) is 8.29. The minimum absolute atomic E-state index is 0.0671. The molecule has 1 saturated carbocycles. The average Bonchev–Trinajstić information content (AvgIpc) is 2.40. The van der Waals surface area contributed by atoms with Crippen LogP contribution in [0, 0.1) is 5.92 Å². The number of nitrogens with one attached hydrogen (secondary N) is 1. The van der Waals surface area contributed by atoms with E-state index >= 15 is 0 Å². The van der Waals surface area contributed by atoms with Crippen molar-refractivity contribution < 1.29 is 4.79 Å². The van der Waals surface area contributed by atoms with Crippen LogP contribution in [0.4, 0.5) is 0 Å². The van der Waals surface area contributed by atoms with Crippen molar-refractivity contribution >= 4 is 5.91 Å². The fraction of sp³-hybridized carbons (Fsp3) is 0.583. The average molecular weight is 234 g/mol. The van der Waals surface area contributed by atoms with Crippen molar-refractivity contribution in [2.24, 2.45) is 11.7 Å². The standard InChI is InChI=1S/C12H18N4O/c13-7-9-2-1-3-11(6-9)16-12(17)10-4-5-14-15-8-10/h4-5,8-9,11H,1-3,6-7,13H2,(H,16,17). The summed E-state index contributed by atoms with van der Waals surface area (Å²) in [7, 11) is 0. The number of carbonyl (C=O) groups is 1. The van der Waals surface area contributed by atoms with Crippen molar-refractivity contribution in [3.8, 4) is 0 Å². The van der Waals surface area contributed by atoms with Gasteiger partial charge in [-0.25, -0.2) is 0 Å². The SMILES string of the molecule is NCC1CCCC(NC(=O)c2ccnnc2)C1. The van der Waals surface area contributed by atoms with E-state index in [1.54, 1.807) is 6.07 Å². The number of carbonyl (C=O) groups excluding carboxylic acids is 1. The Labute approximate surface area is 101 Å². The van der Waals surface area contributed by atoms with Crippen LogP contribution in [0.5, 0.6) is 0 Å². The Morgan fingerprint density at radius 1 is 1.47 bits per heavy atom. The molecule has 1 amide bonds. The molecule has 0 aromatic carbocycles. The monoisotopic (exact) mass is 234 g/mol. The lowest BCUT2D eigenvalue weighted by Gasteiger charge is -2.28. The predicted octanol–water partition coefficient (Wildman–Crippen LogP) is 0.724. The second-order valence-corrected chi connectivity index (χ2v) is 4.57. The number of nitrogens with zero attached hydrogens (tertiary/aromatic N) is 2. The van der Waals surface area contributed by atoms with Gasteiger partial charge in [0.25, 0.3) is 5.91 Å². The Morgan fingerprint density at radius 3 is 3.06 bits per heavy atom. The molecule has 17 heavy (non-hydrogen) atoms. The second kappa shape index (κ2) is 5.72. The van der Waals surface area contributed by atoms with Gasteiger partial charge in [0.2, 0.25) is 0 Å². The molecule has 2 rings (SSSR count). The molecule has 2 unspecified atom stereocenters. The highest BCUT2D eigenvalue weighted by Gasteiger charge is 2.22. The lowest BCUT2D eigenvalue weighted by Crippen LogP contribution is -2.39. The molecule has 1 aromatic heterocycles. The first-order valence-electron chi connectivity index (χ1n) is 6.07. The molecule has 92 valence electrons. The Balaban J connectivity index is 1.90. The van der Waals surface area contributed by atoms with E-state index in [2.05, 4.69) is 15.5 Å². The molecule has 3 N–H and O–H groups in total. The number of hydrogen-bond donors (Lipinski definition) is 2. The first-order valence-corrected chi connectivity index (χ1v) is 6.07. The van der Waals surface area contributed by atoms with Gasteiger partial charge in [0.1, 0.15) is 0 Å². The van der Waals surface area contributed by atoms with E-state index in [4.69, 9.17) is 5.73 Å². The molecular weight excluding hydrogens is 216 g/mol. The molecule has 0 saturated heterocycles. The summed E-state index contributed by atoms with van der Waals surface area (Å²) in [6, 6.07) is 1.92. The molecule has 1 aromatic rings. The van der Waals surface area contributed by atoms with Crippen molar-refractivity contribution in [1.82, 2.24) is 15.5 Å². The van der Waals surface area contributed by atoms with Gasteiger partial charge in [0.15, 0.2) is 0 Å². The van der Waals surface area contributed by atoms with Gasteiger partial charge in [-0.15, -0.1) is 0 Å². The number of rotatable bonds is 3. The van der Waals surface area contributed by atoms with E-state index in [0.717, 1.165) is 19.3 Å². The van der Waals surface area contributed by atoms with E-state index in [1.807, 2.05) is 0 Å². The van der Waals surface area contributed by atoms with Crippen LogP contribution in [0.15, 0.2) is 18.5 Å². The second-order valence-electron chi connectivity index (χ2n) is 4.57. The highest BCUT2D eigenvalue weighted by atomic mass is 16.1. The fourth-order valence-electron chi connectivity index (χ4n) is 2.33. The third-order valence-electron chi connectivity index (χ3n) is 3.30. The van der Waals surface area contributed by atoms with Gasteiger partial charge in [0, 0.05) is 6.04 Å². The van der Waals surface area contributed by atoms with Crippen molar-refractivity contribution in [1.29, 1.82) is 0 Å². The van der Waals surface area contributed by atoms with Gasteiger partial charge < -0.3 is 11.1 Å². The zero-order chi connectivity index (χ0) is 12.1. The van der Waals surface area contributed by atoms with Gasteiger partial charge >= 0.3 is 0 Å². The molecule has 0 radical (unpaired) electrons. The van der Waals surface area contributed by atoms with Crippen molar-refractivity contribution in [3.05, 3.63) is 24.0 Å². The van der Waals surface area contributed by atoms with Crippen LogP contribution in [-0.4, -0.2) is 28.7 Å². The molecule has 0 bridgehead atoms. The molecule has 0 aliphatic heterocycles. The maximum absolute atomic E-state index is 11.9. The van der Waals surface area contributed by atoms with E-state index in [9.17, 15) is 4.79 Å². The smallest absolute Gasteiger partial charge is 0.253 e. The maximum atomic E-state index is 11.9. The minimum atomic E-state index is -0.0671. The van der Waals surface area contributed by atoms with Crippen LogP contribution >= 0.6 is 0 Å². The normalized spacial score (nSPS) is 24.3. The van der Waals surface area contributed by atoms with Gasteiger partial charge in [0.05, 0.1) is 18.0 Å². The van der Waals surface area contributed by atoms with Crippen LogP contribution in [0.25, 0.3) is 0 Å². The Hall–Kier alpha value is -1.49. The number of aromatic nitrogens is 2. The van der Waals surface area contributed by atoms with Crippen LogP contribution in [0.1, 0.15) is 36.0 Å². The highest BCUT2D eigenvalue weighted by molar-refractivity contribution is 5.93. The molecule has 1 aliphatic rings. The summed E-state index contributed by atoms with van der Waals surface area (Å²) < 4.78 is 0. The molecular formula is C12H18N4O. The maximum Gasteiger partial charge on any atom is 0.253 e. The van der Waals surface area contributed by atoms with Crippen molar-refractivity contribution in [2.45, 2.75) is 31.7 Å². The summed E-state index contributed by atoms with van der Waals surface area (Å²) in [5.74, 6) is 0.479. The molecule has 1 heterocycles. The van der Waals surface area contributed by atoms with E-state index < -0.39 is 0 Å². The number of nitrogens with two attached hydrogens (primary N) is 1. The van der Waals surface area contributed by atoms with Gasteiger partial charge in [-0.3, -0.25) is 4.79 Å². The zero-order valence-corrected chi connectivity index (χ0v) is 9.80. The lowest BCUT2D eigenvalue weighted by atomic mass is 9.86. The first kappa shape index (κ1) is 12.0. The molecule has 5 nitrogen and oxygen atoms in total. The number of hydrogen-bond acceptors (Lipinski definition) is 4.